The molecule has 2 fully saturated rings. The molecular weight excluding hydrogens is 508 g/mol. The smallest absolute Gasteiger partial charge is 0.251 e. The number of halogens is 1. The molecule has 6 rings (SSSR count). The van der Waals surface area contributed by atoms with Crippen LogP contribution >= 0.6 is 11.6 Å². The molecule has 0 aliphatic carbocycles. The molecule has 2 unspecified atom stereocenters. The molecular formula is C32H35ClN4O2. The summed E-state index contributed by atoms with van der Waals surface area (Å²) in [5, 5.41) is 12.4. The van der Waals surface area contributed by atoms with Crippen molar-refractivity contribution in [1.29, 1.82) is 0 Å². The van der Waals surface area contributed by atoms with Crippen molar-refractivity contribution in [2.45, 2.75) is 63.8 Å². The number of nitrogens with zero attached hydrogens (tertiary/aromatic N) is 2. The number of H-pyrrole nitrogens is 1. The first-order chi connectivity index (χ1) is 18.9. The third kappa shape index (κ3) is 5.15. The van der Waals surface area contributed by atoms with Gasteiger partial charge in [0.15, 0.2) is 0 Å². The fraction of sp³-hybridized carbons (Fsp3) is 0.375. The Kier molecular flexibility index (Phi) is 7.08. The lowest BCUT2D eigenvalue weighted by molar-refractivity contribution is 0.0662. The number of benzene rings is 3. The van der Waals surface area contributed by atoms with E-state index in [1.54, 1.807) is 0 Å². The van der Waals surface area contributed by atoms with Gasteiger partial charge in [-0.2, -0.15) is 5.10 Å². The molecule has 1 aromatic heterocycles. The van der Waals surface area contributed by atoms with Crippen LogP contribution in [0.3, 0.4) is 0 Å². The van der Waals surface area contributed by atoms with Crippen LogP contribution in [-0.4, -0.2) is 46.2 Å². The molecule has 1 amide bonds. The van der Waals surface area contributed by atoms with Crippen LogP contribution in [0, 0.1) is 5.92 Å². The highest BCUT2D eigenvalue weighted by molar-refractivity contribution is 6.31. The maximum Gasteiger partial charge on any atom is 0.251 e. The number of amides is 1. The predicted molar refractivity (Wildman–Crippen MR) is 156 cm³/mol. The number of ether oxygens (including phenoxy) is 1. The zero-order valence-electron chi connectivity index (χ0n) is 22.7. The maximum absolute atomic E-state index is 13.4. The molecule has 202 valence electrons. The van der Waals surface area contributed by atoms with Crippen LogP contribution in [0.4, 0.5) is 0 Å². The van der Waals surface area contributed by atoms with E-state index in [1.807, 2.05) is 66.7 Å². The number of hydrogen-bond donors (Lipinski definition) is 2. The third-order valence-corrected chi connectivity index (χ3v) is 8.85. The standard InChI is InChI=1S/C32H35ClN4O2/c1-19(2)30(26-6-4-5-7-28(26)33)34-32(38)21-10-15-29-27(16-21)31(36-35-29)20-8-13-24(14-9-20)39-25-17-22-11-12-23(18-25)37(22)3/h4-10,13-16,19,22-23,25,30H,11-12,17-18H2,1-3H3,(H,34,38)(H,35,36)/t22?,23?,25?,30-/m0/s1. The topological polar surface area (TPSA) is 70.2 Å². The van der Waals surface area contributed by atoms with E-state index in [9.17, 15) is 4.79 Å². The lowest BCUT2D eigenvalue weighted by Gasteiger charge is -2.36. The summed E-state index contributed by atoms with van der Waals surface area (Å²) in [5.41, 5.74) is 4.18. The molecule has 3 aromatic carbocycles. The molecule has 0 radical (unpaired) electrons. The highest BCUT2D eigenvalue weighted by Gasteiger charge is 2.39. The number of nitrogens with one attached hydrogen (secondary N) is 2. The average molecular weight is 543 g/mol. The third-order valence-electron chi connectivity index (χ3n) is 8.50. The summed E-state index contributed by atoms with van der Waals surface area (Å²) in [6, 6.07) is 22.6. The SMILES string of the molecule is CC(C)[C@H](NC(=O)c1ccc2[nH]nc(-c3ccc(OC4CC5CCC(C4)N5C)cc3)c2c1)c1ccccc1Cl. The normalized spacial score (nSPS) is 21.8. The molecule has 2 aliphatic heterocycles. The molecule has 6 nitrogen and oxygen atoms in total. The zero-order valence-corrected chi connectivity index (χ0v) is 23.4. The summed E-state index contributed by atoms with van der Waals surface area (Å²) in [6.07, 6.45) is 5.03. The van der Waals surface area contributed by atoms with Crippen molar-refractivity contribution < 1.29 is 9.53 Å². The highest BCUT2D eigenvalue weighted by Crippen LogP contribution is 2.36. The number of piperidine rings is 1. The summed E-state index contributed by atoms with van der Waals surface area (Å²) in [7, 11) is 2.25. The number of rotatable bonds is 7. The fourth-order valence-corrected chi connectivity index (χ4v) is 6.53. The molecule has 2 bridgehead atoms. The van der Waals surface area contributed by atoms with Crippen LogP contribution in [0.2, 0.25) is 5.02 Å². The van der Waals surface area contributed by atoms with E-state index >= 15 is 0 Å². The first-order valence-corrected chi connectivity index (χ1v) is 14.3. The minimum atomic E-state index is -0.196. The molecule has 0 saturated carbocycles. The number of fused-ring (bicyclic) bond motifs is 3. The lowest BCUT2D eigenvalue weighted by Crippen LogP contribution is -2.43. The van der Waals surface area contributed by atoms with E-state index in [2.05, 4.69) is 41.3 Å². The van der Waals surface area contributed by atoms with Crippen molar-refractivity contribution in [3.63, 3.8) is 0 Å². The van der Waals surface area contributed by atoms with Crippen LogP contribution in [0.5, 0.6) is 5.75 Å². The summed E-state index contributed by atoms with van der Waals surface area (Å²) in [4.78, 5) is 15.9. The van der Waals surface area contributed by atoms with E-state index in [4.69, 9.17) is 16.3 Å². The molecule has 3 atom stereocenters. The number of aromatic amines is 1. The van der Waals surface area contributed by atoms with Gasteiger partial charge in [0.05, 0.1) is 17.3 Å². The van der Waals surface area contributed by atoms with Gasteiger partial charge < -0.3 is 15.0 Å². The molecule has 0 spiro atoms. The van der Waals surface area contributed by atoms with Crippen molar-refractivity contribution >= 4 is 28.4 Å². The van der Waals surface area contributed by atoms with Crippen molar-refractivity contribution in [2.24, 2.45) is 5.92 Å². The van der Waals surface area contributed by atoms with E-state index < -0.39 is 0 Å². The molecule has 2 N–H and O–H groups in total. The van der Waals surface area contributed by atoms with Crippen LogP contribution < -0.4 is 10.1 Å². The van der Waals surface area contributed by atoms with Crippen molar-refractivity contribution in [2.75, 3.05) is 7.05 Å². The number of aromatic nitrogens is 2. The Bertz CT molecular complexity index is 1470. The first kappa shape index (κ1) is 25.9. The highest BCUT2D eigenvalue weighted by atomic mass is 35.5. The van der Waals surface area contributed by atoms with Gasteiger partial charge in [0.1, 0.15) is 11.9 Å². The van der Waals surface area contributed by atoms with Gasteiger partial charge in [0.2, 0.25) is 0 Å². The quantitative estimate of drug-likeness (QED) is 0.263. The van der Waals surface area contributed by atoms with Gasteiger partial charge in [-0.05, 0) is 92.7 Å². The molecule has 7 heteroatoms. The van der Waals surface area contributed by atoms with Gasteiger partial charge in [-0.25, -0.2) is 0 Å². The van der Waals surface area contributed by atoms with Crippen molar-refractivity contribution in [3.05, 3.63) is 82.9 Å². The largest absolute Gasteiger partial charge is 0.490 e. The van der Waals surface area contributed by atoms with E-state index in [-0.39, 0.29) is 24.0 Å². The van der Waals surface area contributed by atoms with Crippen LogP contribution in [0.1, 0.15) is 61.5 Å². The summed E-state index contributed by atoms with van der Waals surface area (Å²) >= 11 is 6.46. The maximum atomic E-state index is 13.4. The Balaban J connectivity index is 1.20. The van der Waals surface area contributed by atoms with Gasteiger partial charge in [-0.15, -0.1) is 0 Å². The Morgan fingerprint density at radius 2 is 1.77 bits per heavy atom. The lowest BCUT2D eigenvalue weighted by atomic mass is 9.95. The average Bonchev–Trinajstić information content (AvgIpc) is 3.43. The summed E-state index contributed by atoms with van der Waals surface area (Å²) in [5.74, 6) is 0.929. The fourth-order valence-electron chi connectivity index (χ4n) is 6.27. The van der Waals surface area contributed by atoms with Crippen LogP contribution in [0.25, 0.3) is 22.2 Å². The second kappa shape index (κ2) is 10.7. The Labute approximate surface area is 234 Å². The molecule has 2 aliphatic rings. The van der Waals surface area contributed by atoms with E-state index in [0.717, 1.165) is 46.3 Å². The molecule has 3 heterocycles. The second-order valence-corrected chi connectivity index (χ2v) is 11.7. The minimum Gasteiger partial charge on any atom is -0.490 e. The Morgan fingerprint density at radius 1 is 1.05 bits per heavy atom. The number of carbonyl (C=O) groups excluding carboxylic acids is 1. The summed E-state index contributed by atoms with van der Waals surface area (Å²) in [6.45, 7) is 4.16. The molecule has 39 heavy (non-hydrogen) atoms. The van der Waals surface area contributed by atoms with Gasteiger partial charge in [0, 0.05) is 33.6 Å². The van der Waals surface area contributed by atoms with Gasteiger partial charge in [-0.1, -0.05) is 43.6 Å². The van der Waals surface area contributed by atoms with Gasteiger partial charge in [0.25, 0.3) is 5.91 Å². The predicted octanol–water partition coefficient (Wildman–Crippen LogP) is 7.01. The van der Waals surface area contributed by atoms with Gasteiger partial charge in [-0.3, -0.25) is 9.89 Å². The molecule has 4 aromatic rings. The zero-order chi connectivity index (χ0) is 27.1. The van der Waals surface area contributed by atoms with Crippen LogP contribution in [-0.2, 0) is 0 Å². The van der Waals surface area contributed by atoms with E-state index in [0.29, 0.717) is 22.7 Å². The van der Waals surface area contributed by atoms with E-state index in [1.165, 1.54) is 12.8 Å². The number of carbonyl (C=O) groups is 1. The van der Waals surface area contributed by atoms with Gasteiger partial charge >= 0.3 is 0 Å². The first-order valence-electron chi connectivity index (χ1n) is 13.9. The second-order valence-electron chi connectivity index (χ2n) is 11.3. The van der Waals surface area contributed by atoms with Crippen molar-refractivity contribution in [1.82, 2.24) is 20.4 Å². The van der Waals surface area contributed by atoms with Crippen LogP contribution in [0.15, 0.2) is 66.7 Å². The van der Waals surface area contributed by atoms with Crippen molar-refractivity contribution in [3.8, 4) is 17.0 Å². The minimum absolute atomic E-state index is 0.140. The Morgan fingerprint density at radius 3 is 2.46 bits per heavy atom. The summed E-state index contributed by atoms with van der Waals surface area (Å²) < 4.78 is 6.38. The Hall–Kier alpha value is -3.35. The monoisotopic (exact) mass is 542 g/mol. The molecule has 2 saturated heterocycles. The number of hydrogen-bond acceptors (Lipinski definition) is 4.